The van der Waals surface area contributed by atoms with Crippen molar-refractivity contribution >= 4 is 11.6 Å². The number of rotatable bonds is 7. The van der Waals surface area contributed by atoms with Crippen LogP contribution < -0.4 is 4.74 Å². The van der Waals surface area contributed by atoms with Crippen LogP contribution in [0.15, 0.2) is 59.3 Å². The molecule has 5 nitrogen and oxygen atoms in total. The van der Waals surface area contributed by atoms with Gasteiger partial charge < -0.3 is 9.15 Å². The highest BCUT2D eigenvalue weighted by Crippen LogP contribution is 2.28. The molecule has 0 saturated heterocycles. The second-order valence-electron chi connectivity index (χ2n) is 6.98. The Balaban J connectivity index is 1.53. The zero-order valence-corrected chi connectivity index (χ0v) is 17.5. The van der Waals surface area contributed by atoms with Gasteiger partial charge in [-0.25, -0.2) is 9.37 Å². The number of benzene rings is 2. The van der Waals surface area contributed by atoms with E-state index in [1.807, 2.05) is 44.3 Å². The molecule has 2 heterocycles. The lowest BCUT2D eigenvalue weighted by molar-refractivity contribution is 0.303. The van der Waals surface area contributed by atoms with Gasteiger partial charge in [-0.3, -0.25) is 4.57 Å². The van der Waals surface area contributed by atoms with E-state index in [1.165, 1.54) is 12.1 Å². The molecule has 0 radical (unpaired) electrons. The minimum absolute atomic E-state index is 0.267. The van der Waals surface area contributed by atoms with E-state index < -0.39 is 0 Å². The predicted molar refractivity (Wildman–Crippen MR) is 114 cm³/mol. The van der Waals surface area contributed by atoms with Crippen LogP contribution in [0.2, 0.25) is 5.02 Å². The van der Waals surface area contributed by atoms with Gasteiger partial charge >= 0.3 is 6.01 Å². The van der Waals surface area contributed by atoms with Gasteiger partial charge in [0.2, 0.25) is 0 Å². The Bertz CT molecular complexity index is 1150. The summed E-state index contributed by atoms with van der Waals surface area (Å²) >= 11 is 6.03. The topological polar surface area (TPSA) is 53.1 Å². The number of nitrogens with zero attached hydrogens (tertiary/aromatic N) is 3. The smallest absolute Gasteiger partial charge is 0.307 e. The number of hydrogen-bond donors (Lipinski definition) is 0. The normalized spacial score (nSPS) is 11.1. The molecule has 2 aromatic carbocycles. The van der Waals surface area contributed by atoms with Crippen molar-refractivity contribution in [2.45, 2.75) is 26.7 Å². The molecule has 0 saturated carbocycles. The molecule has 0 bridgehead atoms. The van der Waals surface area contributed by atoms with E-state index in [0.29, 0.717) is 29.8 Å². The molecule has 0 aliphatic rings. The van der Waals surface area contributed by atoms with Crippen molar-refractivity contribution in [2.24, 2.45) is 0 Å². The highest BCUT2D eigenvalue weighted by Gasteiger charge is 2.17. The third-order valence-corrected chi connectivity index (χ3v) is 5.03. The summed E-state index contributed by atoms with van der Waals surface area (Å²) in [6, 6.07) is 12.5. The fourth-order valence-corrected chi connectivity index (χ4v) is 3.34. The largest absolute Gasteiger partial charge is 0.493 e. The van der Waals surface area contributed by atoms with Crippen molar-refractivity contribution in [2.75, 3.05) is 6.61 Å². The molecule has 0 aliphatic carbocycles. The van der Waals surface area contributed by atoms with Crippen molar-refractivity contribution in [3.63, 3.8) is 0 Å². The van der Waals surface area contributed by atoms with Gasteiger partial charge in [0.1, 0.15) is 28.8 Å². The lowest BCUT2D eigenvalue weighted by Crippen LogP contribution is -2.01. The van der Waals surface area contributed by atoms with Gasteiger partial charge in [-0.1, -0.05) is 23.7 Å². The van der Waals surface area contributed by atoms with Crippen LogP contribution in [-0.4, -0.2) is 21.1 Å². The van der Waals surface area contributed by atoms with Crippen LogP contribution in [0.5, 0.6) is 5.75 Å². The molecule has 0 aliphatic heterocycles. The maximum atomic E-state index is 13.2. The van der Waals surface area contributed by atoms with Crippen molar-refractivity contribution in [1.29, 1.82) is 0 Å². The molecule has 0 N–H and O–H groups in total. The van der Waals surface area contributed by atoms with Crippen molar-refractivity contribution in [1.82, 2.24) is 14.5 Å². The number of ether oxygens (including phenoxy) is 1. The minimum atomic E-state index is -0.267. The SMILES string of the molecule is Cc1cc(F)ccc1OCCCc1oc(-n2ccnc2C)nc1-c1ccc(Cl)cc1. The summed E-state index contributed by atoms with van der Waals surface area (Å²) in [4.78, 5) is 8.94. The maximum Gasteiger partial charge on any atom is 0.307 e. The summed E-state index contributed by atoms with van der Waals surface area (Å²) in [6.07, 6.45) is 4.88. The molecule has 0 unspecified atom stereocenters. The Morgan fingerprint density at radius 2 is 1.93 bits per heavy atom. The highest BCUT2D eigenvalue weighted by molar-refractivity contribution is 6.30. The van der Waals surface area contributed by atoms with Gasteiger partial charge in [0.15, 0.2) is 0 Å². The first-order valence-corrected chi connectivity index (χ1v) is 10.0. The average molecular weight is 426 g/mol. The number of oxazole rings is 1. The summed E-state index contributed by atoms with van der Waals surface area (Å²) in [5.74, 6) is 1.97. The van der Waals surface area contributed by atoms with E-state index in [2.05, 4.69) is 4.98 Å². The Morgan fingerprint density at radius 3 is 2.63 bits per heavy atom. The number of hydrogen-bond acceptors (Lipinski definition) is 4. The Labute approximate surface area is 179 Å². The van der Waals surface area contributed by atoms with Gasteiger partial charge in [0.05, 0.1) is 6.61 Å². The number of halogens is 2. The molecule has 4 aromatic rings. The van der Waals surface area contributed by atoms with Crippen LogP contribution in [0.25, 0.3) is 17.3 Å². The van der Waals surface area contributed by atoms with Crippen LogP contribution in [0, 0.1) is 19.7 Å². The molecular weight excluding hydrogens is 405 g/mol. The van der Waals surface area contributed by atoms with Crippen molar-refractivity contribution in [3.05, 3.63) is 82.8 Å². The second kappa shape index (κ2) is 8.71. The molecule has 30 heavy (non-hydrogen) atoms. The van der Waals surface area contributed by atoms with E-state index in [9.17, 15) is 4.39 Å². The fourth-order valence-electron chi connectivity index (χ4n) is 3.21. The Kier molecular flexibility index (Phi) is 5.86. The van der Waals surface area contributed by atoms with Crippen LogP contribution in [0.3, 0.4) is 0 Å². The first-order chi connectivity index (χ1) is 14.5. The fraction of sp³-hybridized carbons (Fsp3) is 0.217. The molecular formula is C23H21ClFN3O2. The zero-order chi connectivity index (χ0) is 21.1. The molecule has 154 valence electrons. The zero-order valence-electron chi connectivity index (χ0n) is 16.7. The van der Waals surface area contributed by atoms with Gasteiger partial charge in [0.25, 0.3) is 0 Å². The monoisotopic (exact) mass is 425 g/mol. The van der Waals surface area contributed by atoms with Crippen molar-refractivity contribution in [3.8, 4) is 23.0 Å². The van der Waals surface area contributed by atoms with E-state index in [1.54, 1.807) is 16.8 Å². The van der Waals surface area contributed by atoms with Gasteiger partial charge in [-0.2, -0.15) is 4.98 Å². The predicted octanol–water partition coefficient (Wildman–Crippen LogP) is 5.95. The highest BCUT2D eigenvalue weighted by atomic mass is 35.5. The summed E-state index contributed by atoms with van der Waals surface area (Å²) in [6.45, 7) is 4.20. The molecule has 7 heteroatoms. The van der Waals surface area contributed by atoms with Crippen LogP contribution in [-0.2, 0) is 6.42 Å². The minimum Gasteiger partial charge on any atom is -0.493 e. The van der Waals surface area contributed by atoms with Crippen LogP contribution in [0.4, 0.5) is 4.39 Å². The van der Waals surface area contributed by atoms with Gasteiger partial charge in [-0.15, -0.1) is 0 Å². The molecule has 4 rings (SSSR count). The number of imidazole rings is 1. The van der Waals surface area contributed by atoms with E-state index in [-0.39, 0.29) is 5.82 Å². The van der Waals surface area contributed by atoms with Gasteiger partial charge in [-0.05, 0) is 56.2 Å². The third kappa shape index (κ3) is 4.39. The standard InChI is InChI=1S/C23H21ClFN3O2/c1-15-14-19(25)9-10-20(15)29-13-3-4-21-22(17-5-7-18(24)8-6-17)27-23(30-21)28-12-11-26-16(28)2/h5-12,14H,3-4,13H2,1-2H3. The van der Waals surface area contributed by atoms with Gasteiger partial charge in [0, 0.05) is 29.4 Å². The van der Waals surface area contributed by atoms with Crippen LogP contribution >= 0.6 is 11.6 Å². The number of aromatic nitrogens is 3. The van der Waals surface area contributed by atoms with Crippen LogP contribution in [0.1, 0.15) is 23.6 Å². The maximum absolute atomic E-state index is 13.2. The molecule has 0 spiro atoms. The summed E-state index contributed by atoms with van der Waals surface area (Å²) < 4.78 is 27.0. The average Bonchev–Trinajstić information content (AvgIpc) is 3.33. The molecule has 0 atom stereocenters. The molecule has 2 aromatic heterocycles. The van der Waals surface area contributed by atoms with E-state index in [4.69, 9.17) is 25.7 Å². The number of aryl methyl sites for hydroxylation is 3. The first-order valence-electron chi connectivity index (χ1n) is 9.66. The summed E-state index contributed by atoms with van der Waals surface area (Å²) in [5.41, 5.74) is 2.47. The van der Waals surface area contributed by atoms with Crippen molar-refractivity contribution < 1.29 is 13.5 Å². The quantitative estimate of drug-likeness (QED) is 0.343. The van der Waals surface area contributed by atoms with E-state index >= 15 is 0 Å². The second-order valence-corrected chi connectivity index (χ2v) is 7.42. The van der Waals surface area contributed by atoms with E-state index in [0.717, 1.165) is 34.8 Å². The Hall–Kier alpha value is -3.12. The summed E-state index contributed by atoms with van der Waals surface area (Å²) in [5, 5.41) is 0.664. The third-order valence-electron chi connectivity index (χ3n) is 4.78. The molecule has 0 fully saturated rings. The molecule has 0 amide bonds. The summed E-state index contributed by atoms with van der Waals surface area (Å²) in [7, 11) is 0. The first kappa shape index (κ1) is 20.2. The Morgan fingerprint density at radius 1 is 1.13 bits per heavy atom. The lowest BCUT2D eigenvalue weighted by Gasteiger charge is -2.08. The lowest BCUT2D eigenvalue weighted by atomic mass is 10.1.